The molecule has 4 aromatic carbocycles. The second-order valence-electron chi connectivity index (χ2n) is 7.86. The lowest BCUT2D eigenvalue weighted by atomic mass is 9.66. The van der Waals surface area contributed by atoms with Crippen LogP contribution < -0.4 is 10.6 Å². The maximum Gasteiger partial charge on any atom is 0.122 e. The fourth-order valence-electron chi connectivity index (χ4n) is 5.27. The normalized spacial score (nSPS) is 23.1. The molecule has 0 amide bonds. The molecule has 2 atom stereocenters. The number of hydrogen-bond donors (Lipinski definition) is 2. The zero-order valence-corrected chi connectivity index (χ0v) is 19.2. The van der Waals surface area contributed by atoms with Gasteiger partial charge in [0.1, 0.15) is 11.1 Å². The smallest absolute Gasteiger partial charge is 0.122 e. The van der Waals surface area contributed by atoms with Gasteiger partial charge in [0, 0.05) is 31.4 Å². The molecule has 0 aliphatic carbocycles. The van der Waals surface area contributed by atoms with Gasteiger partial charge in [-0.25, -0.2) is 0 Å². The van der Waals surface area contributed by atoms with Gasteiger partial charge in [-0.1, -0.05) is 92.5 Å². The zero-order chi connectivity index (χ0) is 20.3. The van der Waals surface area contributed by atoms with Gasteiger partial charge in [-0.3, -0.25) is 0 Å². The first-order valence-electron chi connectivity index (χ1n) is 9.93. The zero-order valence-electron chi connectivity index (χ0n) is 16.0. The van der Waals surface area contributed by atoms with Gasteiger partial charge >= 0.3 is 0 Å². The minimum absolute atomic E-state index is 0.488. The van der Waals surface area contributed by atoms with Gasteiger partial charge in [-0.05, 0) is 47.5 Å². The van der Waals surface area contributed by atoms with Crippen LogP contribution in [0.3, 0.4) is 0 Å². The number of benzene rings is 4. The first-order chi connectivity index (χ1) is 14.6. The lowest BCUT2D eigenvalue weighted by Crippen LogP contribution is -2.51. The molecule has 0 unspecified atom stereocenters. The first kappa shape index (κ1) is 18.2. The van der Waals surface area contributed by atoms with Crippen LogP contribution in [0.4, 0.5) is 11.4 Å². The predicted octanol–water partition coefficient (Wildman–Crippen LogP) is 7.25. The Bertz CT molecular complexity index is 1170. The van der Waals surface area contributed by atoms with Crippen molar-refractivity contribution in [1.82, 2.24) is 0 Å². The summed E-state index contributed by atoms with van der Waals surface area (Å²) in [6.45, 7) is 0. The molecule has 0 saturated carbocycles. The van der Waals surface area contributed by atoms with E-state index < -0.39 is 11.1 Å². The summed E-state index contributed by atoms with van der Waals surface area (Å²) in [4.78, 5) is 0. The van der Waals surface area contributed by atoms with E-state index in [2.05, 4.69) is 140 Å². The molecule has 146 valence electrons. The average Bonchev–Trinajstić information content (AvgIpc) is 3.23. The summed E-state index contributed by atoms with van der Waals surface area (Å²) in [6.07, 6.45) is 0. The Kier molecular flexibility index (Phi) is 3.93. The minimum atomic E-state index is -0.488. The van der Waals surface area contributed by atoms with Gasteiger partial charge in [-0.15, -0.1) is 0 Å². The Labute approximate surface area is 192 Å². The van der Waals surface area contributed by atoms with Crippen LogP contribution in [0, 0.1) is 0 Å². The van der Waals surface area contributed by atoms with Crippen molar-refractivity contribution in [3.63, 3.8) is 0 Å². The largest absolute Gasteiger partial charge is 0.369 e. The van der Waals surface area contributed by atoms with Crippen molar-refractivity contribution in [2.24, 2.45) is 0 Å². The van der Waals surface area contributed by atoms with Gasteiger partial charge in [0.05, 0.1) is 0 Å². The number of nitrogens with one attached hydrogen (secondary N) is 2. The van der Waals surface area contributed by atoms with E-state index in [0.717, 1.165) is 20.3 Å². The van der Waals surface area contributed by atoms with Gasteiger partial charge in [-0.2, -0.15) is 0 Å². The van der Waals surface area contributed by atoms with E-state index >= 15 is 0 Å². The summed E-state index contributed by atoms with van der Waals surface area (Å²) in [5.41, 5.74) is 6.23. The molecule has 4 heteroatoms. The van der Waals surface area contributed by atoms with E-state index in [1.807, 2.05) is 0 Å². The quantitative estimate of drug-likeness (QED) is 0.292. The van der Waals surface area contributed by atoms with Gasteiger partial charge < -0.3 is 10.6 Å². The highest BCUT2D eigenvalue weighted by molar-refractivity contribution is 9.10. The molecule has 0 fully saturated rings. The van der Waals surface area contributed by atoms with Crippen LogP contribution in [0.25, 0.3) is 0 Å². The van der Waals surface area contributed by atoms with Gasteiger partial charge in [0.15, 0.2) is 0 Å². The Morgan fingerprint density at radius 3 is 1.30 bits per heavy atom. The fourth-order valence-corrected chi connectivity index (χ4v) is 5.99. The number of rotatable bonds is 2. The lowest BCUT2D eigenvalue weighted by molar-refractivity contribution is 0.439. The van der Waals surface area contributed by atoms with E-state index in [4.69, 9.17) is 0 Å². The molecule has 0 aromatic heterocycles. The van der Waals surface area contributed by atoms with Crippen molar-refractivity contribution in [2.75, 3.05) is 10.6 Å². The van der Waals surface area contributed by atoms with Crippen molar-refractivity contribution in [2.45, 2.75) is 11.1 Å². The Balaban J connectivity index is 1.79. The van der Waals surface area contributed by atoms with Gasteiger partial charge in [0.2, 0.25) is 0 Å². The molecule has 0 spiro atoms. The topological polar surface area (TPSA) is 24.1 Å². The van der Waals surface area contributed by atoms with Crippen molar-refractivity contribution in [3.05, 3.63) is 128 Å². The molecule has 2 aliphatic heterocycles. The number of halogens is 2. The molecule has 6 rings (SSSR count). The maximum atomic E-state index is 3.97. The van der Waals surface area contributed by atoms with E-state index in [1.165, 1.54) is 22.3 Å². The van der Waals surface area contributed by atoms with E-state index in [1.54, 1.807) is 0 Å². The summed E-state index contributed by atoms with van der Waals surface area (Å²) < 4.78 is 2.14. The lowest BCUT2D eigenvalue weighted by Gasteiger charge is -2.42. The van der Waals surface area contributed by atoms with E-state index in [0.29, 0.717) is 0 Å². The molecule has 2 aliphatic rings. The SMILES string of the molecule is Brc1ccc2c(c1)[C@]1(c3ccccc3)Nc3ccc(Br)cc3[C@]1(c1ccccc1)N2. The van der Waals surface area contributed by atoms with Crippen LogP contribution in [0.1, 0.15) is 22.3 Å². The predicted molar refractivity (Wildman–Crippen MR) is 130 cm³/mol. The van der Waals surface area contributed by atoms with Crippen LogP contribution in [0.5, 0.6) is 0 Å². The highest BCUT2D eigenvalue weighted by Crippen LogP contribution is 2.64. The van der Waals surface area contributed by atoms with Crippen LogP contribution in [-0.4, -0.2) is 0 Å². The summed E-state index contributed by atoms with van der Waals surface area (Å²) >= 11 is 7.43. The van der Waals surface area contributed by atoms with Crippen LogP contribution >= 0.6 is 31.9 Å². The van der Waals surface area contributed by atoms with Crippen LogP contribution in [0.2, 0.25) is 0 Å². The third kappa shape index (κ3) is 2.24. The van der Waals surface area contributed by atoms with Crippen molar-refractivity contribution in [1.29, 1.82) is 0 Å². The third-order valence-corrected chi connectivity index (χ3v) is 7.38. The highest BCUT2D eigenvalue weighted by atomic mass is 79.9. The van der Waals surface area contributed by atoms with Crippen LogP contribution in [0.15, 0.2) is 106 Å². The molecule has 0 saturated heterocycles. The second kappa shape index (κ2) is 6.47. The maximum absolute atomic E-state index is 3.97. The summed E-state index contributed by atoms with van der Waals surface area (Å²) in [7, 11) is 0. The monoisotopic (exact) mass is 516 g/mol. The second-order valence-corrected chi connectivity index (χ2v) is 9.69. The molecule has 2 nitrogen and oxygen atoms in total. The molecule has 0 radical (unpaired) electrons. The molecule has 2 heterocycles. The summed E-state index contributed by atoms with van der Waals surface area (Å²) in [6, 6.07) is 34.6. The highest BCUT2D eigenvalue weighted by Gasteiger charge is 2.65. The van der Waals surface area contributed by atoms with E-state index in [-0.39, 0.29) is 0 Å². The van der Waals surface area contributed by atoms with Crippen molar-refractivity contribution < 1.29 is 0 Å². The standard InChI is InChI=1S/C26H18Br2N2/c27-19-11-13-23-21(15-19)25(17-7-3-1-4-8-17)26(30-23,18-9-5-2-6-10-18)22-16-20(28)12-14-24(22)29-25/h1-16,29-30H/t25-,26-/m0/s1. The molecule has 30 heavy (non-hydrogen) atoms. The van der Waals surface area contributed by atoms with Gasteiger partial charge in [0.25, 0.3) is 0 Å². The summed E-state index contributed by atoms with van der Waals surface area (Å²) in [5.74, 6) is 0. The Morgan fingerprint density at radius 1 is 0.500 bits per heavy atom. The van der Waals surface area contributed by atoms with Crippen molar-refractivity contribution >= 4 is 43.2 Å². The molecule has 2 N–H and O–H groups in total. The van der Waals surface area contributed by atoms with Crippen LogP contribution in [-0.2, 0) is 11.1 Å². The molecular weight excluding hydrogens is 500 g/mol. The molecule has 4 aromatic rings. The number of hydrogen-bond acceptors (Lipinski definition) is 2. The number of anilines is 2. The summed E-state index contributed by atoms with van der Waals surface area (Å²) in [5, 5.41) is 7.94. The minimum Gasteiger partial charge on any atom is -0.369 e. The first-order valence-corrected chi connectivity index (χ1v) is 11.5. The number of fused-ring (bicyclic) bond motifs is 5. The third-order valence-electron chi connectivity index (χ3n) is 6.39. The van der Waals surface area contributed by atoms with Crippen molar-refractivity contribution in [3.8, 4) is 0 Å². The average molecular weight is 518 g/mol. The molecular formula is C26H18Br2N2. The molecule has 0 bridgehead atoms. The fraction of sp³-hybridized carbons (Fsp3) is 0.0769. The Morgan fingerprint density at radius 2 is 0.900 bits per heavy atom. The Hall–Kier alpha value is -2.56. The van der Waals surface area contributed by atoms with E-state index in [9.17, 15) is 0 Å².